The number of carboxylic acids is 2. The second kappa shape index (κ2) is 11.2. The average Bonchev–Trinajstić information content (AvgIpc) is 3.42. The molecule has 3 amide bonds. The van der Waals surface area contributed by atoms with Crippen LogP contribution in [0, 0.1) is 0 Å². The lowest BCUT2D eigenvalue weighted by Crippen LogP contribution is -2.58. The number of nitrogens with zero attached hydrogens (tertiary/aromatic N) is 2. The van der Waals surface area contributed by atoms with E-state index in [0.29, 0.717) is 12.1 Å². The molecule has 8 N–H and O–H groups in total. The van der Waals surface area contributed by atoms with Crippen molar-refractivity contribution in [2.24, 2.45) is 5.73 Å². The van der Waals surface area contributed by atoms with Gasteiger partial charge in [0.1, 0.15) is 18.1 Å². The second-order valence-electron chi connectivity index (χ2n) is 7.32. The number of nitrogens with two attached hydrogens (primary N) is 1. The van der Waals surface area contributed by atoms with Crippen LogP contribution in [0.25, 0.3) is 0 Å². The van der Waals surface area contributed by atoms with E-state index in [9.17, 15) is 34.2 Å². The molecule has 4 atom stereocenters. The Hall–Kier alpha value is -3.52. The summed E-state index contributed by atoms with van der Waals surface area (Å²) in [6.07, 6.45) is 2.81. The summed E-state index contributed by atoms with van der Waals surface area (Å²) in [5.41, 5.74) is 5.96. The number of likely N-dealkylation sites (tertiary alicyclic amines) is 1. The zero-order chi connectivity index (χ0) is 23.8. The SMILES string of the molecule is NC(CC(=O)O)C(=O)NC(CO)C(=O)N1CCCC1C(=O)NC(Cc1cnc[nH]1)C(=O)O. The molecule has 0 spiro atoms. The number of nitrogens with one attached hydrogen (secondary N) is 3. The van der Waals surface area contributed by atoms with E-state index in [1.807, 2.05) is 0 Å². The number of carbonyl (C=O) groups is 5. The fourth-order valence-corrected chi connectivity index (χ4v) is 3.33. The molecule has 1 aromatic rings. The molecule has 14 heteroatoms. The smallest absolute Gasteiger partial charge is 0.326 e. The summed E-state index contributed by atoms with van der Waals surface area (Å²) in [7, 11) is 0. The van der Waals surface area contributed by atoms with Crippen LogP contribution < -0.4 is 16.4 Å². The Morgan fingerprint density at radius 2 is 1.94 bits per heavy atom. The van der Waals surface area contributed by atoms with Crippen molar-refractivity contribution in [3.8, 4) is 0 Å². The quantitative estimate of drug-likeness (QED) is 0.177. The highest BCUT2D eigenvalue weighted by atomic mass is 16.4. The van der Waals surface area contributed by atoms with Gasteiger partial charge < -0.3 is 41.6 Å². The lowest BCUT2D eigenvalue weighted by atomic mass is 10.1. The average molecular weight is 454 g/mol. The molecule has 32 heavy (non-hydrogen) atoms. The number of hydrogen-bond acceptors (Lipinski definition) is 8. The van der Waals surface area contributed by atoms with Gasteiger partial charge in [-0.3, -0.25) is 19.2 Å². The minimum Gasteiger partial charge on any atom is -0.481 e. The van der Waals surface area contributed by atoms with Crippen molar-refractivity contribution in [1.29, 1.82) is 0 Å². The molecule has 176 valence electrons. The van der Waals surface area contributed by atoms with Crippen molar-refractivity contribution in [1.82, 2.24) is 25.5 Å². The van der Waals surface area contributed by atoms with Gasteiger partial charge in [-0.05, 0) is 12.8 Å². The molecule has 1 aliphatic rings. The number of rotatable bonds is 11. The number of imidazole rings is 1. The molecule has 0 saturated carbocycles. The van der Waals surface area contributed by atoms with Crippen LogP contribution in [-0.4, -0.2) is 97.2 Å². The number of hydrogen-bond donors (Lipinski definition) is 7. The number of aromatic amines is 1. The zero-order valence-electron chi connectivity index (χ0n) is 17.1. The zero-order valence-corrected chi connectivity index (χ0v) is 17.1. The van der Waals surface area contributed by atoms with Gasteiger partial charge in [-0.25, -0.2) is 9.78 Å². The van der Waals surface area contributed by atoms with Gasteiger partial charge in [0.05, 0.1) is 25.4 Å². The first-order valence-corrected chi connectivity index (χ1v) is 9.83. The number of H-pyrrole nitrogens is 1. The molecule has 0 aliphatic carbocycles. The Labute approximate surface area is 182 Å². The molecule has 4 unspecified atom stereocenters. The van der Waals surface area contributed by atoms with Gasteiger partial charge >= 0.3 is 11.9 Å². The van der Waals surface area contributed by atoms with E-state index < -0.39 is 66.9 Å². The molecule has 0 bridgehead atoms. The van der Waals surface area contributed by atoms with Crippen LogP contribution in [0.15, 0.2) is 12.5 Å². The van der Waals surface area contributed by atoms with Crippen LogP contribution in [-0.2, 0) is 30.4 Å². The molecule has 1 aromatic heterocycles. The topological polar surface area (TPSA) is 228 Å². The normalized spacial score (nSPS) is 18.4. The van der Waals surface area contributed by atoms with E-state index in [1.54, 1.807) is 0 Å². The Bertz CT molecular complexity index is 845. The number of aliphatic hydroxyl groups excluding tert-OH is 1. The monoisotopic (exact) mass is 454 g/mol. The predicted octanol–water partition coefficient (Wildman–Crippen LogP) is -3.21. The third-order valence-electron chi connectivity index (χ3n) is 4.96. The van der Waals surface area contributed by atoms with Gasteiger partial charge in [0.2, 0.25) is 17.7 Å². The number of carboxylic acid groups (broad SMARTS) is 2. The minimum absolute atomic E-state index is 0.0431. The van der Waals surface area contributed by atoms with Crippen molar-refractivity contribution in [2.75, 3.05) is 13.2 Å². The van der Waals surface area contributed by atoms with Gasteiger partial charge in [0.15, 0.2) is 0 Å². The summed E-state index contributed by atoms with van der Waals surface area (Å²) in [4.78, 5) is 67.5. The first-order chi connectivity index (χ1) is 15.1. The standard InChI is InChI=1S/C18H26N6O8/c19-10(5-14(26)27)15(28)23-12(7-25)17(30)24-3-1-2-13(24)16(29)22-11(18(31)32)4-9-6-20-8-21-9/h6,8,10-13,25H,1-5,7,19H2,(H,20,21)(H,22,29)(H,23,28)(H,26,27)(H,31,32). The second-order valence-corrected chi connectivity index (χ2v) is 7.32. The largest absolute Gasteiger partial charge is 0.481 e. The van der Waals surface area contributed by atoms with Crippen molar-refractivity contribution >= 4 is 29.7 Å². The molecular weight excluding hydrogens is 428 g/mol. The number of amides is 3. The number of aliphatic carboxylic acids is 2. The lowest BCUT2D eigenvalue weighted by Gasteiger charge is -2.29. The highest BCUT2D eigenvalue weighted by molar-refractivity contribution is 5.95. The highest BCUT2D eigenvalue weighted by Gasteiger charge is 2.39. The van der Waals surface area contributed by atoms with Crippen molar-refractivity contribution in [3.63, 3.8) is 0 Å². The molecule has 2 rings (SSSR count). The summed E-state index contributed by atoms with van der Waals surface area (Å²) in [6, 6.07) is -5.12. The first-order valence-electron chi connectivity index (χ1n) is 9.83. The fourth-order valence-electron chi connectivity index (χ4n) is 3.33. The maximum atomic E-state index is 12.8. The summed E-state index contributed by atoms with van der Waals surface area (Å²) >= 11 is 0. The van der Waals surface area contributed by atoms with Crippen LogP contribution in [0.5, 0.6) is 0 Å². The van der Waals surface area contributed by atoms with Crippen LogP contribution in [0.3, 0.4) is 0 Å². The Kier molecular flexibility index (Phi) is 8.66. The summed E-state index contributed by atoms with van der Waals surface area (Å²) < 4.78 is 0. The Morgan fingerprint density at radius 3 is 2.50 bits per heavy atom. The maximum Gasteiger partial charge on any atom is 0.326 e. The molecular formula is C18H26N6O8. The number of carbonyl (C=O) groups excluding carboxylic acids is 3. The lowest BCUT2D eigenvalue weighted by molar-refractivity contribution is -0.145. The summed E-state index contributed by atoms with van der Waals surface area (Å²) in [5.74, 6) is -4.96. The Morgan fingerprint density at radius 1 is 1.22 bits per heavy atom. The Balaban J connectivity index is 2.04. The van der Waals surface area contributed by atoms with Crippen LogP contribution in [0.4, 0.5) is 0 Å². The fraction of sp³-hybridized carbons (Fsp3) is 0.556. The first kappa shape index (κ1) is 24.7. The third kappa shape index (κ3) is 6.49. The molecule has 1 fully saturated rings. The molecule has 0 aromatic carbocycles. The van der Waals surface area contributed by atoms with Gasteiger partial charge in [-0.2, -0.15) is 0 Å². The van der Waals surface area contributed by atoms with E-state index in [2.05, 4.69) is 20.6 Å². The van der Waals surface area contributed by atoms with E-state index in [4.69, 9.17) is 10.8 Å². The highest BCUT2D eigenvalue weighted by Crippen LogP contribution is 2.19. The van der Waals surface area contributed by atoms with Crippen LogP contribution >= 0.6 is 0 Å². The molecule has 0 radical (unpaired) electrons. The number of aromatic nitrogens is 2. The maximum absolute atomic E-state index is 12.8. The minimum atomic E-state index is -1.43. The van der Waals surface area contributed by atoms with Gasteiger partial charge in [-0.1, -0.05) is 0 Å². The van der Waals surface area contributed by atoms with Gasteiger partial charge in [0.25, 0.3) is 0 Å². The predicted molar refractivity (Wildman–Crippen MR) is 106 cm³/mol. The van der Waals surface area contributed by atoms with E-state index in [0.717, 1.165) is 4.90 Å². The molecule has 14 nitrogen and oxygen atoms in total. The summed E-state index contributed by atoms with van der Waals surface area (Å²) in [6.45, 7) is -0.643. The van der Waals surface area contributed by atoms with Crippen molar-refractivity contribution < 1.29 is 39.3 Å². The van der Waals surface area contributed by atoms with Crippen molar-refractivity contribution in [2.45, 2.75) is 49.9 Å². The molecule has 1 aliphatic heterocycles. The number of aliphatic hydroxyl groups is 1. The van der Waals surface area contributed by atoms with E-state index in [-0.39, 0.29) is 19.4 Å². The van der Waals surface area contributed by atoms with Crippen LogP contribution in [0.1, 0.15) is 25.0 Å². The van der Waals surface area contributed by atoms with E-state index >= 15 is 0 Å². The van der Waals surface area contributed by atoms with Gasteiger partial charge in [0, 0.05) is 24.9 Å². The summed E-state index contributed by atoms with van der Waals surface area (Å²) in [5, 5.41) is 32.3. The molecule has 1 saturated heterocycles. The third-order valence-corrected chi connectivity index (χ3v) is 4.96. The van der Waals surface area contributed by atoms with Crippen molar-refractivity contribution in [3.05, 3.63) is 18.2 Å². The van der Waals surface area contributed by atoms with E-state index in [1.165, 1.54) is 12.5 Å². The van der Waals surface area contributed by atoms with Crippen LogP contribution in [0.2, 0.25) is 0 Å². The molecule has 2 heterocycles. The van der Waals surface area contributed by atoms with Gasteiger partial charge in [-0.15, -0.1) is 0 Å².